The van der Waals surface area contributed by atoms with E-state index in [9.17, 15) is 14.4 Å². The first-order valence-electron chi connectivity index (χ1n) is 10.3. The van der Waals surface area contributed by atoms with Gasteiger partial charge in [-0.15, -0.1) is 0 Å². The fourth-order valence-corrected chi connectivity index (χ4v) is 5.94. The molecule has 30 heavy (non-hydrogen) atoms. The molecule has 5 nitrogen and oxygen atoms in total. The number of rotatable bonds is 3. The molecule has 0 spiro atoms. The lowest BCUT2D eigenvalue weighted by molar-refractivity contribution is -0.124. The maximum absolute atomic E-state index is 13.3. The van der Waals surface area contributed by atoms with Crippen LogP contribution in [0.4, 0.5) is 11.4 Å². The van der Waals surface area contributed by atoms with E-state index < -0.39 is 0 Å². The van der Waals surface area contributed by atoms with Crippen LogP contribution >= 0.6 is 11.6 Å². The molecule has 2 aromatic carbocycles. The van der Waals surface area contributed by atoms with E-state index in [0.29, 0.717) is 33.8 Å². The quantitative estimate of drug-likeness (QED) is 0.601. The van der Waals surface area contributed by atoms with Crippen molar-refractivity contribution in [2.24, 2.45) is 35.5 Å². The number of para-hydroxylation sites is 1. The Kier molecular flexibility index (Phi) is 3.75. The number of hydrogen-bond donors (Lipinski definition) is 1. The predicted octanol–water partition coefficient (Wildman–Crippen LogP) is 4.15. The first-order chi connectivity index (χ1) is 14.5. The average Bonchev–Trinajstić information content (AvgIpc) is 3.53. The number of carbonyl (C=O) groups is 3. The highest BCUT2D eigenvalue weighted by atomic mass is 35.5. The molecule has 1 aliphatic heterocycles. The lowest BCUT2D eigenvalue weighted by atomic mass is 9.63. The summed E-state index contributed by atoms with van der Waals surface area (Å²) in [5.74, 6) is 0.377. The number of allylic oxidation sites excluding steroid dienone is 2. The maximum atomic E-state index is 13.3. The van der Waals surface area contributed by atoms with Crippen LogP contribution < -0.4 is 10.2 Å². The van der Waals surface area contributed by atoms with Gasteiger partial charge < -0.3 is 5.32 Å². The summed E-state index contributed by atoms with van der Waals surface area (Å²) < 4.78 is 0. The summed E-state index contributed by atoms with van der Waals surface area (Å²) in [6.07, 6.45) is 5.44. The fraction of sp³-hybridized carbons (Fsp3) is 0.292. The topological polar surface area (TPSA) is 66.5 Å². The number of anilines is 2. The first-order valence-corrected chi connectivity index (χ1v) is 10.6. The summed E-state index contributed by atoms with van der Waals surface area (Å²) in [6.45, 7) is 0. The lowest BCUT2D eigenvalue weighted by Gasteiger charge is -2.37. The molecule has 3 amide bonds. The Morgan fingerprint density at radius 2 is 1.60 bits per heavy atom. The van der Waals surface area contributed by atoms with Crippen LogP contribution in [0.25, 0.3) is 0 Å². The summed E-state index contributed by atoms with van der Waals surface area (Å²) in [6, 6.07) is 13.7. The van der Waals surface area contributed by atoms with Crippen molar-refractivity contribution in [3.63, 3.8) is 0 Å². The summed E-state index contributed by atoms with van der Waals surface area (Å²) >= 11 is 6.13. The fourth-order valence-electron chi connectivity index (χ4n) is 5.75. The normalized spacial score (nSPS) is 32.8. The standard InChI is InChI=1S/C24H19ClN2O3/c25-18-6-1-2-7-19(18)26-22(28)12-4-3-5-13(10-12)27-23(29)20-14-8-9-15(17-11-16(14)17)21(20)24(27)30/h1-10,14-17,20-21H,11H2,(H,26,28)/t14-,15-,16-,17+,20-,21+/m0/s1. The van der Waals surface area contributed by atoms with Gasteiger partial charge in [-0.1, -0.05) is 42.0 Å². The summed E-state index contributed by atoms with van der Waals surface area (Å²) in [4.78, 5) is 40.6. The molecule has 3 fully saturated rings. The minimum Gasteiger partial charge on any atom is -0.321 e. The van der Waals surface area contributed by atoms with Gasteiger partial charge in [0.15, 0.2) is 0 Å². The third-order valence-corrected chi connectivity index (χ3v) is 7.48. The molecule has 2 saturated carbocycles. The van der Waals surface area contributed by atoms with Crippen molar-refractivity contribution in [2.75, 3.05) is 10.2 Å². The summed E-state index contributed by atoms with van der Waals surface area (Å²) in [5.41, 5.74) is 1.34. The van der Waals surface area contributed by atoms with Crippen LogP contribution in [0.15, 0.2) is 60.7 Å². The number of amides is 3. The molecule has 6 atom stereocenters. The van der Waals surface area contributed by atoms with Gasteiger partial charge in [-0.3, -0.25) is 14.4 Å². The second kappa shape index (κ2) is 6.29. The Morgan fingerprint density at radius 3 is 2.27 bits per heavy atom. The second-order valence-corrected chi connectivity index (χ2v) is 9.06. The molecular weight excluding hydrogens is 400 g/mol. The van der Waals surface area contributed by atoms with Crippen LogP contribution in [0.2, 0.25) is 5.02 Å². The lowest BCUT2D eigenvalue weighted by Crippen LogP contribution is -2.40. The Morgan fingerprint density at radius 1 is 0.933 bits per heavy atom. The van der Waals surface area contributed by atoms with Gasteiger partial charge >= 0.3 is 0 Å². The molecule has 150 valence electrons. The van der Waals surface area contributed by atoms with Gasteiger partial charge in [-0.05, 0) is 60.4 Å². The number of nitrogens with one attached hydrogen (secondary N) is 1. The zero-order chi connectivity index (χ0) is 20.6. The van der Waals surface area contributed by atoms with Gasteiger partial charge in [0.1, 0.15) is 0 Å². The number of imide groups is 1. The number of benzene rings is 2. The molecule has 6 heteroatoms. The molecule has 2 bridgehead atoms. The van der Waals surface area contributed by atoms with Crippen LogP contribution in [0, 0.1) is 35.5 Å². The Labute approximate surface area is 178 Å². The van der Waals surface area contributed by atoms with Crippen LogP contribution in [0.5, 0.6) is 0 Å². The van der Waals surface area contributed by atoms with E-state index in [1.165, 1.54) is 4.90 Å². The van der Waals surface area contributed by atoms with E-state index in [-0.39, 0.29) is 41.4 Å². The minimum absolute atomic E-state index is 0.127. The van der Waals surface area contributed by atoms with E-state index in [2.05, 4.69) is 17.5 Å². The highest BCUT2D eigenvalue weighted by Crippen LogP contribution is 2.65. The molecule has 0 aromatic heterocycles. The molecule has 5 aliphatic rings. The van der Waals surface area contributed by atoms with Gasteiger partial charge in [0.05, 0.1) is 28.2 Å². The summed E-state index contributed by atoms with van der Waals surface area (Å²) in [5, 5.41) is 3.23. The molecule has 1 saturated heterocycles. The Hall–Kier alpha value is -2.92. The van der Waals surface area contributed by atoms with Crippen molar-refractivity contribution >= 4 is 40.7 Å². The van der Waals surface area contributed by atoms with Crippen molar-refractivity contribution in [1.82, 2.24) is 0 Å². The van der Waals surface area contributed by atoms with Crippen LogP contribution in [0.1, 0.15) is 16.8 Å². The third-order valence-electron chi connectivity index (χ3n) is 7.15. The molecule has 0 unspecified atom stereocenters. The van der Waals surface area contributed by atoms with Crippen molar-refractivity contribution in [2.45, 2.75) is 6.42 Å². The monoisotopic (exact) mass is 418 g/mol. The smallest absolute Gasteiger partial charge is 0.255 e. The number of nitrogens with zero attached hydrogens (tertiary/aromatic N) is 1. The molecule has 4 aliphatic carbocycles. The van der Waals surface area contributed by atoms with Crippen molar-refractivity contribution in [3.8, 4) is 0 Å². The Balaban J connectivity index is 1.30. The van der Waals surface area contributed by atoms with Crippen LogP contribution in [-0.4, -0.2) is 17.7 Å². The van der Waals surface area contributed by atoms with E-state index in [1.54, 1.807) is 48.5 Å². The third kappa shape index (κ3) is 2.45. The largest absolute Gasteiger partial charge is 0.321 e. The molecular formula is C24H19ClN2O3. The van der Waals surface area contributed by atoms with Crippen LogP contribution in [-0.2, 0) is 9.59 Å². The molecule has 1 N–H and O–H groups in total. The predicted molar refractivity (Wildman–Crippen MR) is 113 cm³/mol. The molecule has 1 heterocycles. The highest BCUT2D eigenvalue weighted by Gasteiger charge is 2.67. The van der Waals surface area contributed by atoms with Crippen molar-refractivity contribution in [3.05, 3.63) is 71.3 Å². The zero-order valence-corrected chi connectivity index (χ0v) is 16.8. The number of carbonyl (C=O) groups excluding carboxylic acids is 3. The van der Waals surface area contributed by atoms with E-state index >= 15 is 0 Å². The number of halogens is 1. The molecule has 0 radical (unpaired) electrons. The number of hydrogen-bond acceptors (Lipinski definition) is 3. The molecule has 7 rings (SSSR count). The van der Waals surface area contributed by atoms with E-state index in [0.717, 1.165) is 6.42 Å². The van der Waals surface area contributed by atoms with E-state index in [4.69, 9.17) is 11.6 Å². The van der Waals surface area contributed by atoms with Crippen LogP contribution in [0.3, 0.4) is 0 Å². The second-order valence-electron chi connectivity index (χ2n) is 8.65. The van der Waals surface area contributed by atoms with Gasteiger partial charge in [0, 0.05) is 5.56 Å². The zero-order valence-electron chi connectivity index (χ0n) is 16.0. The Bertz CT molecular complexity index is 1110. The average molecular weight is 419 g/mol. The van der Waals surface area contributed by atoms with Crippen molar-refractivity contribution < 1.29 is 14.4 Å². The van der Waals surface area contributed by atoms with Gasteiger partial charge in [-0.2, -0.15) is 0 Å². The summed E-state index contributed by atoms with van der Waals surface area (Å²) in [7, 11) is 0. The SMILES string of the molecule is O=C(Nc1ccccc1Cl)c1cccc(N2C(=O)[C@@H]3[C@H]4C=C[C@@H]([C@@H]5C[C@H]45)[C@@H]3C2=O)c1. The maximum Gasteiger partial charge on any atom is 0.255 e. The highest BCUT2D eigenvalue weighted by molar-refractivity contribution is 6.34. The van der Waals surface area contributed by atoms with Crippen molar-refractivity contribution in [1.29, 1.82) is 0 Å². The van der Waals surface area contributed by atoms with E-state index in [1.807, 2.05) is 0 Å². The molecule has 2 aromatic rings. The first kappa shape index (κ1) is 17.9. The minimum atomic E-state index is -0.343. The van der Waals surface area contributed by atoms with Gasteiger partial charge in [0.25, 0.3) is 5.91 Å². The van der Waals surface area contributed by atoms with Gasteiger partial charge in [-0.25, -0.2) is 4.90 Å². The van der Waals surface area contributed by atoms with Gasteiger partial charge in [0.2, 0.25) is 11.8 Å².